The maximum atomic E-state index is 12.1. The summed E-state index contributed by atoms with van der Waals surface area (Å²) >= 11 is 0. The lowest BCUT2D eigenvalue weighted by molar-refractivity contribution is -0.153. The minimum Gasteiger partial charge on any atom is -0.469 e. The fraction of sp³-hybridized carbons (Fsp3) is 0.692. The van der Waals surface area contributed by atoms with Crippen molar-refractivity contribution in [3.8, 4) is 0 Å². The Labute approximate surface area is 95.9 Å². The number of Topliss-reactive ketones (excluding diaryl/α,β-unsaturated/α-hetero) is 1. The van der Waals surface area contributed by atoms with E-state index in [0.29, 0.717) is 6.42 Å². The summed E-state index contributed by atoms with van der Waals surface area (Å²) in [6.07, 6.45) is 7.23. The lowest BCUT2D eigenvalue weighted by Gasteiger charge is -2.42. The van der Waals surface area contributed by atoms with Crippen LogP contribution in [0.4, 0.5) is 0 Å². The summed E-state index contributed by atoms with van der Waals surface area (Å²) in [6.45, 7) is 2.04. The van der Waals surface area contributed by atoms with Crippen LogP contribution in [0.3, 0.4) is 0 Å². The lowest BCUT2D eigenvalue weighted by atomic mass is 9.60. The number of ketones is 1. The molecule has 0 saturated heterocycles. The van der Waals surface area contributed by atoms with Crippen molar-refractivity contribution < 1.29 is 14.3 Å². The largest absolute Gasteiger partial charge is 0.469 e. The van der Waals surface area contributed by atoms with Crippen LogP contribution in [0.1, 0.15) is 32.6 Å². The molecule has 3 atom stereocenters. The van der Waals surface area contributed by atoms with Gasteiger partial charge in [-0.05, 0) is 25.2 Å². The highest BCUT2D eigenvalue weighted by molar-refractivity contribution is 5.90. The summed E-state index contributed by atoms with van der Waals surface area (Å²) in [6, 6.07) is 0. The van der Waals surface area contributed by atoms with Crippen molar-refractivity contribution >= 4 is 11.8 Å². The second-order valence-corrected chi connectivity index (χ2v) is 5.07. The van der Waals surface area contributed by atoms with Crippen molar-refractivity contribution in [3.05, 3.63) is 12.2 Å². The summed E-state index contributed by atoms with van der Waals surface area (Å²) in [5, 5.41) is 0. The van der Waals surface area contributed by atoms with E-state index in [4.69, 9.17) is 4.74 Å². The summed E-state index contributed by atoms with van der Waals surface area (Å²) in [5.74, 6) is -0.0391. The first kappa shape index (κ1) is 11.4. The molecule has 0 aliphatic heterocycles. The molecule has 0 aromatic carbocycles. The molecule has 0 spiro atoms. The summed E-state index contributed by atoms with van der Waals surface area (Å²) in [5.41, 5.74) is -0.237. The maximum absolute atomic E-state index is 12.1. The fourth-order valence-corrected chi connectivity index (χ4v) is 2.92. The molecule has 1 fully saturated rings. The number of hydrogen-bond donors (Lipinski definition) is 0. The third kappa shape index (κ3) is 1.68. The molecule has 0 heterocycles. The van der Waals surface area contributed by atoms with E-state index in [9.17, 15) is 9.59 Å². The number of methoxy groups -OCH3 is 1. The van der Waals surface area contributed by atoms with Crippen LogP contribution in [0.25, 0.3) is 0 Å². The normalized spacial score (nSPS) is 38.0. The Morgan fingerprint density at radius 3 is 3.00 bits per heavy atom. The number of carbonyl (C=O) groups excluding carboxylic acids is 2. The molecule has 3 heteroatoms. The van der Waals surface area contributed by atoms with Gasteiger partial charge in [0.1, 0.15) is 5.78 Å². The van der Waals surface area contributed by atoms with E-state index < -0.39 is 0 Å². The van der Waals surface area contributed by atoms with Crippen molar-refractivity contribution in [1.29, 1.82) is 0 Å². The van der Waals surface area contributed by atoms with Gasteiger partial charge in [-0.1, -0.05) is 19.1 Å². The lowest BCUT2D eigenvalue weighted by Crippen LogP contribution is -2.44. The second kappa shape index (κ2) is 4.04. The maximum Gasteiger partial charge on any atom is 0.309 e. The van der Waals surface area contributed by atoms with Gasteiger partial charge in [-0.3, -0.25) is 9.59 Å². The van der Waals surface area contributed by atoms with Gasteiger partial charge in [-0.2, -0.15) is 0 Å². The van der Waals surface area contributed by atoms with Crippen LogP contribution in [-0.2, 0) is 14.3 Å². The zero-order valence-corrected chi connectivity index (χ0v) is 9.86. The van der Waals surface area contributed by atoms with Crippen molar-refractivity contribution in [1.82, 2.24) is 0 Å². The monoisotopic (exact) mass is 222 g/mol. The first-order valence-corrected chi connectivity index (χ1v) is 5.85. The van der Waals surface area contributed by atoms with Crippen molar-refractivity contribution in [2.75, 3.05) is 7.11 Å². The Bertz CT molecular complexity index is 345. The molecule has 0 aromatic heterocycles. The first-order valence-electron chi connectivity index (χ1n) is 5.85. The average Bonchev–Trinajstić information content (AvgIpc) is 2.29. The van der Waals surface area contributed by atoms with Crippen LogP contribution in [0.5, 0.6) is 0 Å². The van der Waals surface area contributed by atoms with Gasteiger partial charge < -0.3 is 4.74 Å². The third-order valence-electron chi connectivity index (χ3n) is 4.16. The number of ether oxygens (including phenoxy) is 1. The third-order valence-corrected chi connectivity index (χ3v) is 4.16. The van der Waals surface area contributed by atoms with Gasteiger partial charge in [0.15, 0.2) is 0 Å². The number of esters is 1. The van der Waals surface area contributed by atoms with Crippen LogP contribution < -0.4 is 0 Å². The Kier molecular flexibility index (Phi) is 2.87. The van der Waals surface area contributed by atoms with Crippen molar-refractivity contribution in [2.45, 2.75) is 32.6 Å². The molecule has 0 bridgehead atoms. The zero-order valence-electron chi connectivity index (χ0n) is 9.86. The predicted molar refractivity (Wildman–Crippen MR) is 59.7 cm³/mol. The Balaban J connectivity index is 2.21. The Morgan fingerprint density at radius 1 is 1.56 bits per heavy atom. The van der Waals surface area contributed by atoms with Crippen molar-refractivity contribution in [2.24, 2.45) is 17.3 Å². The van der Waals surface area contributed by atoms with Crippen LogP contribution in [0, 0.1) is 17.3 Å². The molecule has 2 aliphatic rings. The number of fused-ring (bicyclic) bond motifs is 1. The predicted octanol–water partition coefficient (Wildman–Crippen LogP) is 2.11. The summed E-state index contributed by atoms with van der Waals surface area (Å²) < 4.78 is 4.74. The highest BCUT2D eigenvalue weighted by Crippen LogP contribution is 2.47. The van der Waals surface area contributed by atoms with Gasteiger partial charge in [0.25, 0.3) is 0 Å². The Hall–Kier alpha value is -1.12. The van der Waals surface area contributed by atoms with Gasteiger partial charge in [-0.25, -0.2) is 0 Å². The molecule has 0 aromatic rings. The molecule has 3 nitrogen and oxygen atoms in total. The molecule has 0 radical (unpaired) electrons. The summed E-state index contributed by atoms with van der Waals surface area (Å²) in [7, 11) is 1.39. The molecule has 1 unspecified atom stereocenters. The van der Waals surface area contributed by atoms with Crippen LogP contribution in [0.15, 0.2) is 12.2 Å². The number of allylic oxidation sites excluding steroid dienone is 2. The molecule has 0 amide bonds. The zero-order chi connectivity index (χ0) is 11.8. The van der Waals surface area contributed by atoms with Crippen LogP contribution >= 0.6 is 0 Å². The van der Waals surface area contributed by atoms with E-state index in [0.717, 1.165) is 19.3 Å². The molecular formula is C13H18O3. The number of rotatable bonds is 1. The minimum absolute atomic E-state index is 0.214. The van der Waals surface area contributed by atoms with Gasteiger partial charge in [0, 0.05) is 11.8 Å². The van der Waals surface area contributed by atoms with Crippen LogP contribution in [0.2, 0.25) is 0 Å². The van der Waals surface area contributed by atoms with Crippen molar-refractivity contribution in [3.63, 3.8) is 0 Å². The first-order chi connectivity index (χ1) is 7.58. The SMILES string of the molecule is COC(=O)C1CC(=O)[C@]2(C)CCC=C[C@@H]2C1. The molecule has 88 valence electrons. The highest BCUT2D eigenvalue weighted by Gasteiger charge is 2.47. The van der Waals surface area contributed by atoms with Gasteiger partial charge in [0.05, 0.1) is 13.0 Å². The molecule has 16 heavy (non-hydrogen) atoms. The van der Waals surface area contributed by atoms with E-state index >= 15 is 0 Å². The van der Waals surface area contributed by atoms with E-state index in [1.165, 1.54) is 7.11 Å². The van der Waals surface area contributed by atoms with Gasteiger partial charge >= 0.3 is 5.97 Å². The Morgan fingerprint density at radius 2 is 2.31 bits per heavy atom. The molecule has 0 N–H and O–H groups in total. The van der Waals surface area contributed by atoms with E-state index in [-0.39, 0.29) is 29.0 Å². The minimum atomic E-state index is -0.241. The smallest absolute Gasteiger partial charge is 0.309 e. The number of carbonyl (C=O) groups is 2. The molecular weight excluding hydrogens is 204 g/mol. The fourth-order valence-electron chi connectivity index (χ4n) is 2.92. The van der Waals surface area contributed by atoms with Gasteiger partial charge in [0.2, 0.25) is 0 Å². The van der Waals surface area contributed by atoms with E-state index in [2.05, 4.69) is 12.2 Å². The van der Waals surface area contributed by atoms with E-state index in [1.54, 1.807) is 0 Å². The summed E-state index contributed by atoms with van der Waals surface area (Å²) in [4.78, 5) is 23.6. The standard InChI is InChI=1S/C13H18O3/c1-13-6-4-3-5-10(13)7-9(8-11(13)14)12(15)16-2/h3,5,9-10H,4,6-8H2,1-2H3/t9?,10-,13-/m1/s1. The number of hydrogen-bond acceptors (Lipinski definition) is 3. The molecule has 2 aliphatic carbocycles. The topological polar surface area (TPSA) is 43.4 Å². The second-order valence-electron chi connectivity index (χ2n) is 5.07. The average molecular weight is 222 g/mol. The van der Waals surface area contributed by atoms with Crippen LogP contribution in [-0.4, -0.2) is 18.9 Å². The molecule has 1 saturated carbocycles. The highest BCUT2D eigenvalue weighted by atomic mass is 16.5. The quantitative estimate of drug-likeness (QED) is 0.504. The van der Waals surface area contributed by atoms with E-state index in [1.807, 2.05) is 6.92 Å². The van der Waals surface area contributed by atoms with Gasteiger partial charge in [-0.15, -0.1) is 0 Å². The molecule has 2 rings (SSSR count).